The summed E-state index contributed by atoms with van der Waals surface area (Å²) in [6, 6.07) is 12.9. The molecule has 2 aromatic heterocycles. The van der Waals surface area contributed by atoms with Crippen molar-refractivity contribution in [3.05, 3.63) is 54.9 Å². The summed E-state index contributed by atoms with van der Waals surface area (Å²) in [5.41, 5.74) is 10.5. The second kappa shape index (κ2) is 10.8. The highest BCUT2D eigenvalue weighted by molar-refractivity contribution is 5.95. The van der Waals surface area contributed by atoms with E-state index in [1.165, 1.54) is 0 Å². The fourth-order valence-electron chi connectivity index (χ4n) is 4.09. The monoisotopic (exact) mass is 495 g/mol. The number of nitrogens with two attached hydrogens (primary N) is 1. The number of hydrogen-bond donors (Lipinski definition) is 2. The van der Waals surface area contributed by atoms with Gasteiger partial charge in [0.2, 0.25) is 5.95 Å². The fourth-order valence-corrected chi connectivity index (χ4v) is 4.09. The van der Waals surface area contributed by atoms with E-state index in [4.69, 9.17) is 10.5 Å². The van der Waals surface area contributed by atoms with Gasteiger partial charge in [-0.25, -0.2) is 18.7 Å². The Balaban J connectivity index is 1.65. The third kappa shape index (κ3) is 5.49. The van der Waals surface area contributed by atoms with Crippen LogP contribution in [0.25, 0.3) is 22.2 Å². The third-order valence-electron chi connectivity index (χ3n) is 5.94. The summed E-state index contributed by atoms with van der Waals surface area (Å²) in [5.74, 6) is 0.933. The molecule has 0 fully saturated rings. The van der Waals surface area contributed by atoms with Crippen LogP contribution in [0.15, 0.2) is 54.9 Å². The molecule has 8 nitrogen and oxygen atoms in total. The molecule has 0 saturated heterocycles. The molecule has 0 radical (unpaired) electrons. The Labute approximate surface area is 209 Å². The van der Waals surface area contributed by atoms with E-state index in [0.717, 1.165) is 35.2 Å². The topological polar surface area (TPSA) is 84.5 Å². The van der Waals surface area contributed by atoms with E-state index < -0.39 is 6.43 Å². The molecule has 0 aliphatic rings. The normalized spacial score (nSPS) is 11.4. The Morgan fingerprint density at radius 3 is 2.61 bits per heavy atom. The van der Waals surface area contributed by atoms with Gasteiger partial charge in [0.25, 0.3) is 6.43 Å². The molecule has 4 rings (SSSR count). The number of aromatic nitrogens is 3. The maximum absolute atomic E-state index is 13.1. The van der Waals surface area contributed by atoms with Crippen LogP contribution < -0.4 is 20.7 Å². The highest BCUT2D eigenvalue weighted by atomic mass is 19.3. The molecule has 0 aliphatic heterocycles. The molecule has 36 heavy (non-hydrogen) atoms. The first-order valence-electron chi connectivity index (χ1n) is 11.6. The predicted molar refractivity (Wildman–Crippen MR) is 141 cm³/mol. The second-order valence-electron chi connectivity index (χ2n) is 8.83. The summed E-state index contributed by atoms with van der Waals surface area (Å²) < 4.78 is 33.5. The molecular formula is C26H31F2N7O. The molecule has 0 aliphatic carbocycles. The number of alkyl halides is 2. The standard InChI is InChI=1S/C26H31F2N7O/c1-33(2)11-12-34(3)23-14-24(36-4)21(13-19(23)29)32-26-30-10-9-20(31-26)18-15-35(16-25(27)28)22-8-6-5-7-17(18)22/h5-10,13-15,25H,11-12,16,29H2,1-4H3,(H,30,31,32). The first kappa shape index (κ1) is 25.2. The lowest BCUT2D eigenvalue weighted by Gasteiger charge is -2.24. The first-order valence-corrected chi connectivity index (χ1v) is 11.6. The number of nitrogen functional groups attached to an aromatic ring is 1. The van der Waals surface area contributed by atoms with Crippen molar-refractivity contribution >= 4 is 33.9 Å². The van der Waals surface area contributed by atoms with Crippen LogP contribution in [-0.4, -0.2) is 67.2 Å². The minimum absolute atomic E-state index is 0.338. The molecule has 0 amide bonds. The van der Waals surface area contributed by atoms with Crippen molar-refractivity contribution < 1.29 is 13.5 Å². The van der Waals surface area contributed by atoms with E-state index in [1.54, 1.807) is 36.2 Å². The Bertz CT molecular complexity index is 1340. The van der Waals surface area contributed by atoms with E-state index in [1.807, 2.05) is 51.5 Å². The van der Waals surface area contributed by atoms with E-state index in [-0.39, 0.29) is 6.54 Å². The Kier molecular flexibility index (Phi) is 7.54. The summed E-state index contributed by atoms with van der Waals surface area (Å²) in [4.78, 5) is 13.2. The largest absolute Gasteiger partial charge is 0.494 e. The summed E-state index contributed by atoms with van der Waals surface area (Å²) in [5, 5.41) is 4.04. The summed E-state index contributed by atoms with van der Waals surface area (Å²) >= 11 is 0. The average molecular weight is 496 g/mol. The van der Waals surface area contributed by atoms with Gasteiger partial charge >= 0.3 is 0 Å². The highest BCUT2D eigenvalue weighted by Crippen LogP contribution is 2.36. The summed E-state index contributed by atoms with van der Waals surface area (Å²) in [6.07, 6.45) is 0.877. The number of anilines is 4. The quantitative estimate of drug-likeness (QED) is 0.309. The molecule has 0 spiro atoms. The van der Waals surface area contributed by atoms with Crippen molar-refractivity contribution in [2.24, 2.45) is 0 Å². The van der Waals surface area contributed by atoms with Crippen molar-refractivity contribution in [3.8, 4) is 17.0 Å². The molecule has 3 N–H and O–H groups in total. The number of nitrogens with zero attached hydrogens (tertiary/aromatic N) is 5. The number of rotatable bonds is 10. The van der Waals surface area contributed by atoms with Crippen LogP contribution >= 0.6 is 0 Å². The highest BCUT2D eigenvalue weighted by Gasteiger charge is 2.16. The van der Waals surface area contributed by atoms with E-state index in [0.29, 0.717) is 28.8 Å². The summed E-state index contributed by atoms with van der Waals surface area (Å²) in [7, 11) is 7.62. The number of hydrogen-bond acceptors (Lipinski definition) is 7. The Hall–Kier alpha value is -3.92. The van der Waals surface area contributed by atoms with Crippen molar-refractivity contribution in [1.29, 1.82) is 0 Å². The zero-order chi connectivity index (χ0) is 25.8. The van der Waals surface area contributed by atoms with Crippen LogP contribution in [0.1, 0.15) is 0 Å². The SMILES string of the molecule is COc1cc(N(C)CCN(C)C)c(N)cc1Nc1nccc(-c2cn(CC(F)F)c3ccccc23)n1. The summed E-state index contributed by atoms with van der Waals surface area (Å²) in [6.45, 7) is 1.30. The number of benzene rings is 2. The van der Waals surface area contributed by atoms with Crippen LogP contribution in [0.4, 0.5) is 31.8 Å². The number of para-hydroxylation sites is 1. The minimum Gasteiger partial charge on any atom is -0.494 e. The molecule has 190 valence electrons. The van der Waals surface area contributed by atoms with Crippen LogP contribution in [0.2, 0.25) is 0 Å². The molecule has 2 heterocycles. The Morgan fingerprint density at radius 1 is 1.11 bits per heavy atom. The van der Waals surface area contributed by atoms with Crippen molar-refractivity contribution in [3.63, 3.8) is 0 Å². The number of fused-ring (bicyclic) bond motifs is 1. The van der Waals surface area contributed by atoms with Gasteiger partial charge in [-0.3, -0.25) is 0 Å². The van der Waals surface area contributed by atoms with E-state index in [2.05, 4.69) is 25.1 Å². The van der Waals surface area contributed by atoms with Gasteiger partial charge in [-0.1, -0.05) is 18.2 Å². The third-order valence-corrected chi connectivity index (χ3v) is 5.94. The number of nitrogens with one attached hydrogen (secondary N) is 1. The minimum atomic E-state index is -2.46. The first-order chi connectivity index (χ1) is 17.3. The lowest BCUT2D eigenvalue weighted by atomic mass is 10.1. The van der Waals surface area contributed by atoms with Crippen LogP contribution in [0, 0.1) is 0 Å². The zero-order valence-electron chi connectivity index (χ0n) is 20.9. The lowest BCUT2D eigenvalue weighted by molar-refractivity contribution is 0.128. The molecule has 0 unspecified atom stereocenters. The van der Waals surface area contributed by atoms with Gasteiger partial charge in [0.15, 0.2) is 0 Å². The molecule has 0 atom stereocenters. The van der Waals surface area contributed by atoms with Crippen molar-refractivity contribution in [2.75, 3.05) is 57.3 Å². The van der Waals surface area contributed by atoms with Crippen molar-refractivity contribution in [1.82, 2.24) is 19.4 Å². The van der Waals surface area contributed by atoms with Crippen molar-refractivity contribution in [2.45, 2.75) is 13.0 Å². The predicted octanol–water partition coefficient (Wildman–Crippen LogP) is 4.70. The van der Waals surface area contributed by atoms with Gasteiger partial charge in [0, 0.05) is 55.1 Å². The van der Waals surface area contributed by atoms with Crippen LogP contribution in [0.5, 0.6) is 5.75 Å². The fraction of sp³-hybridized carbons (Fsp3) is 0.308. The smallest absolute Gasteiger partial charge is 0.256 e. The van der Waals surface area contributed by atoms with E-state index >= 15 is 0 Å². The molecule has 4 aromatic rings. The maximum Gasteiger partial charge on any atom is 0.256 e. The van der Waals surface area contributed by atoms with Gasteiger partial charge in [-0.2, -0.15) is 0 Å². The van der Waals surface area contributed by atoms with Gasteiger partial charge in [0.1, 0.15) is 5.75 Å². The molecule has 0 bridgehead atoms. The van der Waals surface area contributed by atoms with Gasteiger partial charge < -0.3 is 30.2 Å². The maximum atomic E-state index is 13.1. The van der Waals surface area contributed by atoms with Crippen LogP contribution in [-0.2, 0) is 6.54 Å². The van der Waals surface area contributed by atoms with E-state index in [9.17, 15) is 8.78 Å². The molecule has 2 aromatic carbocycles. The van der Waals surface area contributed by atoms with Gasteiger partial charge in [-0.15, -0.1) is 0 Å². The lowest BCUT2D eigenvalue weighted by Crippen LogP contribution is -2.29. The molecule has 0 saturated carbocycles. The number of ether oxygens (including phenoxy) is 1. The number of likely N-dealkylation sites (N-methyl/N-ethyl adjacent to an activating group) is 2. The molecule has 10 heteroatoms. The van der Waals surface area contributed by atoms with Gasteiger partial charge in [-0.05, 0) is 32.3 Å². The second-order valence-corrected chi connectivity index (χ2v) is 8.83. The molecular weight excluding hydrogens is 464 g/mol. The number of halogens is 2. The van der Waals surface area contributed by atoms with Crippen LogP contribution in [0.3, 0.4) is 0 Å². The Morgan fingerprint density at radius 2 is 1.89 bits per heavy atom. The van der Waals surface area contributed by atoms with Gasteiger partial charge in [0.05, 0.1) is 36.4 Å². The average Bonchev–Trinajstić information content (AvgIpc) is 3.21. The zero-order valence-corrected chi connectivity index (χ0v) is 20.9. The number of methoxy groups -OCH3 is 1.